The average molecular weight is 370 g/mol. The average Bonchev–Trinajstić information content (AvgIpc) is 2.40. The number of halogens is 1. The minimum Gasteiger partial charge on any atom is -0.478 e. The fourth-order valence-corrected chi connectivity index (χ4v) is 3.48. The van der Waals surface area contributed by atoms with Crippen LogP contribution in [0.25, 0.3) is 0 Å². The number of anilines is 1. The third-order valence-corrected chi connectivity index (χ3v) is 4.68. The Morgan fingerprint density at radius 1 is 1.19 bits per heavy atom. The third kappa shape index (κ3) is 3.62. The maximum atomic E-state index is 12.3. The molecule has 0 bridgehead atoms. The quantitative estimate of drug-likeness (QED) is 0.866. The van der Waals surface area contributed by atoms with Gasteiger partial charge in [0, 0.05) is 4.47 Å². The van der Waals surface area contributed by atoms with Gasteiger partial charge in [0.15, 0.2) is 0 Å². The third-order valence-electron chi connectivity index (χ3n) is 2.82. The number of carbonyl (C=O) groups is 1. The zero-order valence-corrected chi connectivity index (χ0v) is 13.4. The number of aryl methyl sites for hydroxylation is 1. The lowest BCUT2D eigenvalue weighted by Gasteiger charge is -2.11. The molecule has 0 spiro atoms. The highest BCUT2D eigenvalue weighted by atomic mass is 79.9. The fraction of sp³-hybridized carbons (Fsp3) is 0.0714. The summed E-state index contributed by atoms with van der Waals surface area (Å²) in [7, 11) is -3.72. The van der Waals surface area contributed by atoms with Crippen molar-refractivity contribution < 1.29 is 18.3 Å². The lowest BCUT2D eigenvalue weighted by molar-refractivity contribution is 0.0697. The summed E-state index contributed by atoms with van der Waals surface area (Å²) in [6, 6.07) is 10.5. The van der Waals surface area contributed by atoms with Gasteiger partial charge in [-0.25, -0.2) is 13.2 Å². The van der Waals surface area contributed by atoms with Crippen LogP contribution in [0, 0.1) is 6.92 Å². The topological polar surface area (TPSA) is 83.5 Å². The molecule has 2 aromatic carbocycles. The second-order valence-corrected chi connectivity index (χ2v) is 7.00. The van der Waals surface area contributed by atoms with Crippen molar-refractivity contribution >= 4 is 37.6 Å². The Bertz CT molecular complexity index is 802. The predicted octanol–water partition coefficient (Wildman–Crippen LogP) is 3.26. The van der Waals surface area contributed by atoms with E-state index in [1.807, 2.05) is 0 Å². The van der Waals surface area contributed by atoms with Crippen LogP contribution in [0.15, 0.2) is 51.8 Å². The molecule has 0 saturated carbocycles. The number of hydrogen-bond donors (Lipinski definition) is 2. The first-order valence-electron chi connectivity index (χ1n) is 5.92. The van der Waals surface area contributed by atoms with Gasteiger partial charge in [-0.1, -0.05) is 22.0 Å². The molecule has 0 aliphatic rings. The smallest absolute Gasteiger partial charge is 0.335 e. The van der Waals surface area contributed by atoms with Crippen LogP contribution in [0.3, 0.4) is 0 Å². The highest BCUT2D eigenvalue weighted by Crippen LogP contribution is 2.22. The van der Waals surface area contributed by atoms with Gasteiger partial charge in [-0.15, -0.1) is 0 Å². The Kier molecular flexibility index (Phi) is 4.34. The van der Waals surface area contributed by atoms with Gasteiger partial charge in [0.2, 0.25) is 0 Å². The molecular weight excluding hydrogens is 358 g/mol. The van der Waals surface area contributed by atoms with E-state index in [0.29, 0.717) is 15.7 Å². The molecule has 0 atom stereocenters. The van der Waals surface area contributed by atoms with Crippen molar-refractivity contribution in [1.29, 1.82) is 0 Å². The summed E-state index contributed by atoms with van der Waals surface area (Å²) >= 11 is 3.22. The van der Waals surface area contributed by atoms with E-state index in [2.05, 4.69) is 20.7 Å². The molecular formula is C14H12BrNO4S. The number of benzene rings is 2. The minimum atomic E-state index is -3.72. The number of rotatable bonds is 4. The second kappa shape index (κ2) is 5.87. The highest BCUT2D eigenvalue weighted by molar-refractivity contribution is 9.10. The van der Waals surface area contributed by atoms with Gasteiger partial charge in [-0.3, -0.25) is 4.72 Å². The van der Waals surface area contributed by atoms with Crippen LogP contribution in [-0.4, -0.2) is 19.5 Å². The zero-order valence-electron chi connectivity index (χ0n) is 11.0. The molecule has 0 saturated heterocycles. The summed E-state index contributed by atoms with van der Waals surface area (Å²) in [5.74, 6) is -1.06. The summed E-state index contributed by atoms with van der Waals surface area (Å²) in [5, 5.41) is 8.90. The number of nitrogens with one attached hydrogen (secondary N) is 1. The Hall–Kier alpha value is -1.86. The second-order valence-electron chi connectivity index (χ2n) is 4.40. The van der Waals surface area contributed by atoms with E-state index in [1.165, 1.54) is 30.3 Å². The number of carboxylic acids is 1. The SMILES string of the molecule is Cc1cc(C(=O)O)ccc1NS(=O)(=O)c1cccc(Br)c1. The van der Waals surface area contributed by atoms with Gasteiger partial charge in [-0.05, 0) is 48.9 Å². The number of aromatic carboxylic acids is 1. The molecule has 5 nitrogen and oxygen atoms in total. The molecule has 0 amide bonds. The molecule has 2 aromatic rings. The molecule has 21 heavy (non-hydrogen) atoms. The monoisotopic (exact) mass is 369 g/mol. The van der Waals surface area contributed by atoms with Gasteiger partial charge < -0.3 is 5.11 Å². The zero-order chi connectivity index (χ0) is 15.6. The van der Waals surface area contributed by atoms with Crippen LogP contribution in [0.4, 0.5) is 5.69 Å². The Morgan fingerprint density at radius 3 is 2.48 bits per heavy atom. The fourth-order valence-electron chi connectivity index (χ4n) is 1.75. The number of carboxylic acid groups (broad SMARTS) is 1. The van der Waals surface area contributed by atoms with Crippen LogP contribution in [-0.2, 0) is 10.0 Å². The van der Waals surface area contributed by atoms with Crippen molar-refractivity contribution in [3.63, 3.8) is 0 Å². The van der Waals surface area contributed by atoms with Crippen LogP contribution in [0.2, 0.25) is 0 Å². The molecule has 0 unspecified atom stereocenters. The normalized spacial score (nSPS) is 11.1. The Balaban J connectivity index is 2.35. The maximum Gasteiger partial charge on any atom is 0.335 e. The molecule has 0 aliphatic carbocycles. The summed E-state index contributed by atoms with van der Waals surface area (Å²) in [5.41, 5.74) is 0.992. The van der Waals surface area contributed by atoms with E-state index in [0.717, 1.165) is 0 Å². The molecule has 0 radical (unpaired) electrons. The van der Waals surface area contributed by atoms with Crippen molar-refractivity contribution in [3.8, 4) is 0 Å². The van der Waals surface area contributed by atoms with E-state index in [9.17, 15) is 13.2 Å². The Morgan fingerprint density at radius 2 is 1.90 bits per heavy atom. The van der Waals surface area contributed by atoms with E-state index in [4.69, 9.17) is 5.11 Å². The highest BCUT2D eigenvalue weighted by Gasteiger charge is 2.16. The van der Waals surface area contributed by atoms with Gasteiger partial charge in [0.05, 0.1) is 16.1 Å². The predicted molar refractivity (Wildman–Crippen MR) is 83.1 cm³/mol. The van der Waals surface area contributed by atoms with Crippen molar-refractivity contribution in [3.05, 3.63) is 58.1 Å². The molecule has 7 heteroatoms. The van der Waals surface area contributed by atoms with Crippen LogP contribution >= 0.6 is 15.9 Å². The van der Waals surface area contributed by atoms with E-state index >= 15 is 0 Å². The largest absolute Gasteiger partial charge is 0.478 e. The van der Waals surface area contributed by atoms with Gasteiger partial charge in [0.1, 0.15) is 0 Å². The van der Waals surface area contributed by atoms with E-state index in [-0.39, 0.29) is 10.5 Å². The van der Waals surface area contributed by atoms with Crippen LogP contribution in [0.1, 0.15) is 15.9 Å². The summed E-state index contributed by atoms with van der Waals surface area (Å²) in [4.78, 5) is 11.0. The molecule has 2 rings (SSSR count). The van der Waals surface area contributed by atoms with Crippen LogP contribution in [0.5, 0.6) is 0 Å². The first-order chi connectivity index (χ1) is 9.79. The molecule has 0 aliphatic heterocycles. The first kappa shape index (κ1) is 15.5. The standard InChI is InChI=1S/C14H12BrNO4S/c1-9-7-10(14(17)18)5-6-13(9)16-21(19,20)12-4-2-3-11(15)8-12/h2-8,16H,1H3,(H,17,18). The van der Waals surface area contributed by atoms with E-state index in [1.54, 1.807) is 19.1 Å². The van der Waals surface area contributed by atoms with Crippen molar-refractivity contribution in [1.82, 2.24) is 0 Å². The van der Waals surface area contributed by atoms with E-state index < -0.39 is 16.0 Å². The van der Waals surface area contributed by atoms with Crippen LogP contribution < -0.4 is 4.72 Å². The summed E-state index contributed by atoms with van der Waals surface area (Å²) in [6.45, 7) is 1.64. The summed E-state index contributed by atoms with van der Waals surface area (Å²) in [6.07, 6.45) is 0. The van der Waals surface area contributed by atoms with Gasteiger partial charge >= 0.3 is 5.97 Å². The van der Waals surface area contributed by atoms with Crippen molar-refractivity contribution in [2.45, 2.75) is 11.8 Å². The molecule has 0 aromatic heterocycles. The summed E-state index contributed by atoms with van der Waals surface area (Å²) < 4.78 is 27.7. The lowest BCUT2D eigenvalue weighted by atomic mass is 10.1. The molecule has 2 N–H and O–H groups in total. The van der Waals surface area contributed by atoms with Gasteiger partial charge in [-0.2, -0.15) is 0 Å². The number of sulfonamides is 1. The lowest BCUT2D eigenvalue weighted by Crippen LogP contribution is -2.14. The Labute approximate surface area is 130 Å². The van der Waals surface area contributed by atoms with Crippen molar-refractivity contribution in [2.24, 2.45) is 0 Å². The molecule has 110 valence electrons. The molecule has 0 fully saturated rings. The van der Waals surface area contributed by atoms with Crippen molar-refractivity contribution in [2.75, 3.05) is 4.72 Å². The minimum absolute atomic E-state index is 0.109. The maximum absolute atomic E-state index is 12.3. The molecule has 0 heterocycles. The van der Waals surface area contributed by atoms with Gasteiger partial charge in [0.25, 0.3) is 10.0 Å². The first-order valence-corrected chi connectivity index (χ1v) is 8.19. The number of hydrogen-bond acceptors (Lipinski definition) is 3.